The van der Waals surface area contributed by atoms with Gasteiger partial charge in [-0.3, -0.25) is 14.9 Å². The second kappa shape index (κ2) is 9.98. The van der Waals surface area contributed by atoms with Crippen molar-refractivity contribution < 1.29 is 9.59 Å². The first kappa shape index (κ1) is 23.2. The van der Waals surface area contributed by atoms with Crippen molar-refractivity contribution in [3.63, 3.8) is 0 Å². The molecule has 2 N–H and O–H groups in total. The first-order chi connectivity index (χ1) is 17.0. The van der Waals surface area contributed by atoms with E-state index in [2.05, 4.69) is 63.9 Å². The largest absolute Gasteiger partial charge is 0.369 e. The summed E-state index contributed by atoms with van der Waals surface area (Å²) in [4.78, 5) is 31.1. The molecule has 1 saturated heterocycles. The van der Waals surface area contributed by atoms with E-state index >= 15 is 0 Å². The second-order valence-corrected chi connectivity index (χ2v) is 9.69. The van der Waals surface area contributed by atoms with Crippen LogP contribution in [0.2, 0.25) is 0 Å². The molecule has 0 spiro atoms. The molecule has 0 aliphatic carbocycles. The Bertz CT molecular complexity index is 1280. The third kappa shape index (κ3) is 4.97. The maximum absolute atomic E-state index is 12.8. The number of hydrogen-bond donors (Lipinski definition) is 2. The Morgan fingerprint density at radius 1 is 0.829 bits per heavy atom. The summed E-state index contributed by atoms with van der Waals surface area (Å²) in [6.45, 7) is 4.15. The highest BCUT2D eigenvalue weighted by molar-refractivity contribution is 7.98. The van der Waals surface area contributed by atoms with Gasteiger partial charge in [0, 0.05) is 59.8 Å². The lowest BCUT2D eigenvalue weighted by Gasteiger charge is -2.34. The molecule has 0 radical (unpaired) electrons. The van der Waals surface area contributed by atoms with Gasteiger partial charge in [-0.05, 0) is 73.0 Å². The predicted molar refractivity (Wildman–Crippen MR) is 144 cm³/mol. The molecule has 2 heterocycles. The molecule has 2 amide bonds. The average Bonchev–Trinajstić information content (AvgIpc) is 2.89. The maximum atomic E-state index is 12.8. The van der Waals surface area contributed by atoms with Crippen LogP contribution in [0.4, 0.5) is 11.4 Å². The van der Waals surface area contributed by atoms with Crippen LogP contribution in [0, 0.1) is 0 Å². The number of nitrogens with one attached hydrogen (secondary N) is 2. The molecule has 35 heavy (non-hydrogen) atoms. The molecule has 0 bridgehead atoms. The summed E-state index contributed by atoms with van der Waals surface area (Å²) in [5.41, 5.74) is 5.63. The number of benzene rings is 3. The van der Waals surface area contributed by atoms with Crippen LogP contribution in [0.5, 0.6) is 0 Å². The summed E-state index contributed by atoms with van der Waals surface area (Å²) in [6.07, 6.45) is 3.73. The number of rotatable bonds is 5. The zero-order chi connectivity index (χ0) is 24.4. The monoisotopic (exact) mass is 484 g/mol. The van der Waals surface area contributed by atoms with Crippen molar-refractivity contribution >= 4 is 40.5 Å². The molecule has 1 fully saturated rings. The molecule has 0 atom stereocenters. The Hall–Kier alpha value is -3.55. The normalized spacial score (nSPS) is 17.3. The molecular weight excluding hydrogens is 456 g/mol. The van der Waals surface area contributed by atoms with E-state index in [-0.39, 0.29) is 5.91 Å². The quantitative estimate of drug-likeness (QED) is 0.315. The Balaban J connectivity index is 1.39. The van der Waals surface area contributed by atoms with Crippen molar-refractivity contribution in [3.05, 3.63) is 84.1 Å². The van der Waals surface area contributed by atoms with E-state index in [1.165, 1.54) is 10.6 Å². The third-order valence-electron chi connectivity index (χ3n) is 6.57. The molecule has 2 aliphatic heterocycles. The summed E-state index contributed by atoms with van der Waals surface area (Å²) >= 11 is 1.69. The van der Waals surface area contributed by atoms with Crippen molar-refractivity contribution in [1.82, 2.24) is 10.2 Å². The molecule has 7 heteroatoms. The van der Waals surface area contributed by atoms with Gasteiger partial charge in [-0.15, -0.1) is 11.8 Å². The number of amides is 2. The van der Waals surface area contributed by atoms with Crippen molar-refractivity contribution in [2.45, 2.75) is 4.90 Å². The Morgan fingerprint density at radius 3 is 2.20 bits per heavy atom. The molecule has 3 aromatic carbocycles. The topological polar surface area (TPSA) is 64.7 Å². The summed E-state index contributed by atoms with van der Waals surface area (Å²) in [6, 6.07) is 22.1. The number of carbonyl (C=O) groups is 2. The zero-order valence-corrected chi connectivity index (χ0v) is 20.7. The SMILES string of the molecule is CSc1ccc(-c2ccc3c(c2)C(=CNc2ccc(N4CCN(C)CC4)cc2)C(=O)NC3=O)cc1. The number of imide groups is 1. The van der Waals surface area contributed by atoms with E-state index in [0.717, 1.165) is 43.0 Å². The van der Waals surface area contributed by atoms with Gasteiger partial charge in [0.15, 0.2) is 0 Å². The summed E-state index contributed by atoms with van der Waals surface area (Å²) < 4.78 is 0. The molecule has 2 aliphatic rings. The minimum atomic E-state index is -0.404. The van der Waals surface area contributed by atoms with Crippen LogP contribution in [-0.2, 0) is 4.79 Å². The van der Waals surface area contributed by atoms with Gasteiger partial charge < -0.3 is 15.1 Å². The van der Waals surface area contributed by atoms with Gasteiger partial charge in [0.2, 0.25) is 0 Å². The van der Waals surface area contributed by atoms with Crippen LogP contribution in [0.1, 0.15) is 15.9 Å². The van der Waals surface area contributed by atoms with E-state index < -0.39 is 5.91 Å². The number of nitrogens with zero attached hydrogens (tertiary/aromatic N) is 2. The standard InChI is InChI=1S/C28H28N4O2S/c1-31-13-15-32(16-14-31)22-8-6-21(7-9-22)29-18-26-25-17-20(19-3-10-23(35-2)11-4-19)5-12-24(25)27(33)30-28(26)34/h3-12,17-18,29H,13-16H2,1-2H3,(H,30,33,34). The molecule has 178 valence electrons. The first-order valence-corrected chi connectivity index (χ1v) is 12.9. The van der Waals surface area contributed by atoms with E-state index in [9.17, 15) is 9.59 Å². The highest BCUT2D eigenvalue weighted by Crippen LogP contribution is 2.31. The smallest absolute Gasteiger partial charge is 0.260 e. The summed E-state index contributed by atoms with van der Waals surface area (Å²) in [5.74, 6) is -0.776. The lowest BCUT2D eigenvalue weighted by molar-refractivity contribution is -0.114. The lowest BCUT2D eigenvalue weighted by atomic mass is 9.91. The predicted octanol–water partition coefficient (Wildman–Crippen LogP) is 4.55. The van der Waals surface area contributed by atoms with E-state index in [1.54, 1.807) is 24.0 Å². The fourth-order valence-electron chi connectivity index (χ4n) is 4.42. The van der Waals surface area contributed by atoms with Gasteiger partial charge in [-0.2, -0.15) is 0 Å². The van der Waals surface area contributed by atoms with Crippen molar-refractivity contribution in [2.75, 3.05) is 49.7 Å². The molecule has 0 aromatic heterocycles. The summed E-state index contributed by atoms with van der Waals surface area (Å²) in [7, 11) is 2.15. The van der Waals surface area contributed by atoms with Crippen LogP contribution in [0.15, 0.2) is 77.8 Å². The van der Waals surface area contributed by atoms with Crippen molar-refractivity contribution in [2.24, 2.45) is 0 Å². The minimum Gasteiger partial charge on any atom is -0.369 e. The van der Waals surface area contributed by atoms with E-state index in [1.807, 2.05) is 30.5 Å². The Labute approximate surface area is 210 Å². The van der Waals surface area contributed by atoms with E-state index in [4.69, 9.17) is 0 Å². The molecule has 6 nitrogen and oxygen atoms in total. The number of hydrogen-bond acceptors (Lipinski definition) is 6. The maximum Gasteiger partial charge on any atom is 0.260 e. The number of piperazine rings is 1. The molecule has 0 saturated carbocycles. The minimum absolute atomic E-state index is 0.372. The number of carbonyl (C=O) groups excluding carboxylic acids is 2. The van der Waals surface area contributed by atoms with Crippen LogP contribution in [0.3, 0.4) is 0 Å². The third-order valence-corrected chi connectivity index (χ3v) is 7.31. The van der Waals surface area contributed by atoms with Crippen LogP contribution in [-0.4, -0.2) is 56.2 Å². The summed E-state index contributed by atoms with van der Waals surface area (Å²) in [5, 5.41) is 5.70. The van der Waals surface area contributed by atoms with Gasteiger partial charge in [0.1, 0.15) is 0 Å². The number of anilines is 2. The number of fused-ring (bicyclic) bond motifs is 1. The molecule has 5 rings (SSSR count). The fraction of sp³-hybridized carbons (Fsp3) is 0.214. The van der Waals surface area contributed by atoms with Crippen molar-refractivity contribution in [1.29, 1.82) is 0 Å². The van der Waals surface area contributed by atoms with Gasteiger partial charge in [-0.25, -0.2) is 0 Å². The van der Waals surface area contributed by atoms with Gasteiger partial charge in [0.25, 0.3) is 11.8 Å². The Morgan fingerprint density at radius 2 is 1.51 bits per heavy atom. The van der Waals surface area contributed by atoms with Gasteiger partial charge >= 0.3 is 0 Å². The fourth-order valence-corrected chi connectivity index (χ4v) is 4.83. The van der Waals surface area contributed by atoms with Gasteiger partial charge in [-0.1, -0.05) is 18.2 Å². The molecule has 3 aromatic rings. The van der Waals surface area contributed by atoms with Crippen LogP contribution >= 0.6 is 11.8 Å². The number of thioether (sulfide) groups is 1. The van der Waals surface area contributed by atoms with E-state index in [0.29, 0.717) is 16.7 Å². The van der Waals surface area contributed by atoms with Crippen LogP contribution < -0.4 is 15.5 Å². The average molecular weight is 485 g/mol. The molecule has 0 unspecified atom stereocenters. The van der Waals surface area contributed by atoms with Crippen LogP contribution in [0.25, 0.3) is 16.7 Å². The molecular formula is C28H28N4O2S. The lowest BCUT2D eigenvalue weighted by Crippen LogP contribution is -2.44. The highest BCUT2D eigenvalue weighted by Gasteiger charge is 2.27. The van der Waals surface area contributed by atoms with Crippen molar-refractivity contribution in [3.8, 4) is 11.1 Å². The first-order valence-electron chi connectivity index (χ1n) is 11.7. The highest BCUT2D eigenvalue weighted by atomic mass is 32.2. The zero-order valence-electron chi connectivity index (χ0n) is 19.9. The second-order valence-electron chi connectivity index (χ2n) is 8.81. The number of likely N-dealkylation sites (N-methyl/N-ethyl adjacent to an activating group) is 1. The Kier molecular flexibility index (Phi) is 6.61. The van der Waals surface area contributed by atoms with Gasteiger partial charge in [0.05, 0.1) is 5.57 Å².